The molecule has 3 rings (SSSR count). The fourth-order valence-electron chi connectivity index (χ4n) is 3.47. The van der Waals surface area contributed by atoms with Gasteiger partial charge in [-0.15, -0.1) is 0 Å². The molecule has 0 bridgehead atoms. The Morgan fingerprint density at radius 1 is 1.04 bits per heavy atom. The predicted octanol–water partition coefficient (Wildman–Crippen LogP) is 4.07. The third kappa shape index (κ3) is 6.72. The van der Waals surface area contributed by atoms with E-state index in [0.717, 1.165) is 44.5 Å². The molecular weight excluding hydrogens is 336 g/mol. The molecule has 1 amide bonds. The Labute approximate surface area is 162 Å². The molecule has 0 spiro atoms. The van der Waals surface area contributed by atoms with Gasteiger partial charge in [0.15, 0.2) is 0 Å². The SMILES string of the molecule is [CH2]C1CCN(CC(Cc2ccccc2)NC(=O)OCc2ccccc2)CC1. The fourth-order valence-corrected chi connectivity index (χ4v) is 3.47. The Hall–Kier alpha value is -2.33. The van der Waals surface area contributed by atoms with Crippen LogP contribution in [0.5, 0.6) is 0 Å². The molecule has 2 aromatic rings. The first-order valence-electron chi connectivity index (χ1n) is 9.75. The summed E-state index contributed by atoms with van der Waals surface area (Å²) >= 11 is 0. The molecule has 1 aliphatic rings. The van der Waals surface area contributed by atoms with Crippen molar-refractivity contribution in [3.05, 3.63) is 78.7 Å². The Kier molecular flexibility index (Phi) is 7.28. The van der Waals surface area contributed by atoms with E-state index in [1.807, 2.05) is 48.5 Å². The molecule has 1 N–H and O–H groups in total. The maximum Gasteiger partial charge on any atom is 0.407 e. The van der Waals surface area contributed by atoms with Crippen LogP contribution in [0, 0.1) is 12.8 Å². The van der Waals surface area contributed by atoms with E-state index in [4.69, 9.17) is 4.74 Å². The average molecular weight is 365 g/mol. The molecule has 0 aromatic heterocycles. The zero-order chi connectivity index (χ0) is 18.9. The second-order valence-corrected chi connectivity index (χ2v) is 7.34. The van der Waals surface area contributed by atoms with Crippen molar-refractivity contribution >= 4 is 6.09 Å². The van der Waals surface area contributed by atoms with Crippen molar-refractivity contribution in [1.29, 1.82) is 0 Å². The summed E-state index contributed by atoms with van der Waals surface area (Å²) < 4.78 is 5.42. The number of hydrogen-bond donors (Lipinski definition) is 1. The molecular formula is C23H29N2O2. The van der Waals surface area contributed by atoms with Gasteiger partial charge in [0.1, 0.15) is 6.61 Å². The minimum atomic E-state index is -0.355. The maximum absolute atomic E-state index is 12.3. The van der Waals surface area contributed by atoms with E-state index in [-0.39, 0.29) is 18.7 Å². The highest BCUT2D eigenvalue weighted by molar-refractivity contribution is 5.67. The number of piperidine rings is 1. The van der Waals surface area contributed by atoms with Crippen LogP contribution in [0.2, 0.25) is 0 Å². The zero-order valence-corrected chi connectivity index (χ0v) is 15.8. The van der Waals surface area contributed by atoms with Gasteiger partial charge in [0.05, 0.1) is 0 Å². The fraction of sp³-hybridized carbons (Fsp3) is 0.391. The largest absolute Gasteiger partial charge is 0.445 e. The quantitative estimate of drug-likeness (QED) is 0.804. The summed E-state index contributed by atoms with van der Waals surface area (Å²) in [7, 11) is 0. The summed E-state index contributed by atoms with van der Waals surface area (Å²) in [5, 5.41) is 3.08. The standard InChI is InChI=1S/C23H29N2O2/c1-19-12-14-25(15-13-19)17-22(16-20-8-4-2-5-9-20)24-23(26)27-18-21-10-6-3-7-11-21/h2-11,19,22H,1,12-18H2,(H,24,26). The third-order valence-corrected chi connectivity index (χ3v) is 5.05. The molecule has 1 heterocycles. The highest BCUT2D eigenvalue weighted by Crippen LogP contribution is 2.16. The first-order valence-corrected chi connectivity index (χ1v) is 9.75. The van der Waals surface area contributed by atoms with Crippen molar-refractivity contribution in [3.8, 4) is 0 Å². The van der Waals surface area contributed by atoms with Gasteiger partial charge in [0.25, 0.3) is 0 Å². The summed E-state index contributed by atoms with van der Waals surface area (Å²) in [6.07, 6.45) is 2.69. The van der Waals surface area contributed by atoms with Gasteiger partial charge >= 0.3 is 6.09 Å². The first-order chi connectivity index (χ1) is 13.2. The van der Waals surface area contributed by atoms with Gasteiger partial charge in [0, 0.05) is 12.6 Å². The summed E-state index contributed by atoms with van der Waals surface area (Å²) in [5.41, 5.74) is 2.21. The van der Waals surface area contributed by atoms with Crippen molar-refractivity contribution in [3.63, 3.8) is 0 Å². The Morgan fingerprint density at radius 2 is 1.63 bits per heavy atom. The molecule has 0 aliphatic carbocycles. The van der Waals surface area contributed by atoms with Crippen molar-refractivity contribution in [2.24, 2.45) is 5.92 Å². The number of alkyl carbamates (subject to hydrolysis) is 1. The van der Waals surface area contributed by atoms with E-state index >= 15 is 0 Å². The number of nitrogens with one attached hydrogen (secondary N) is 1. The minimum absolute atomic E-state index is 0.0250. The third-order valence-electron chi connectivity index (χ3n) is 5.05. The van der Waals surface area contributed by atoms with Crippen LogP contribution in [0.25, 0.3) is 0 Å². The Balaban J connectivity index is 1.55. The molecule has 2 aromatic carbocycles. The van der Waals surface area contributed by atoms with Crippen LogP contribution in [0.4, 0.5) is 4.79 Å². The number of nitrogens with zero attached hydrogens (tertiary/aromatic N) is 1. The molecule has 0 saturated carbocycles. The van der Waals surface area contributed by atoms with E-state index in [1.54, 1.807) is 0 Å². The van der Waals surface area contributed by atoms with Crippen LogP contribution < -0.4 is 5.32 Å². The Bertz CT molecular complexity index is 682. The molecule has 1 unspecified atom stereocenters. The number of amides is 1. The lowest BCUT2D eigenvalue weighted by atomic mass is 9.98. The Morgan fingerprint density at radius 3 is 2.26 bits per heavy atom. The first kappa shape index (κ1) is 19.4. The zero-order valence-electron chi connectivity index (χ0n) is 15.8. The van der Waals surface area contributed by atoms with E-state index in [2.05, 4.69) is 29.3 Å². The van der Waals surface area contributed by atoms with Crippen molar-refractivity contribution in [2.45, 2.75) is 31.9 Å². The number of rotatable bonds is 7. The van der Waals surface area contributed by atoms with E-state index in [0.29, 0.717) is 5.92 Å². The van der Waals surface area contributed by atoms with Crippen LogP contribution in [0.3, 0.4) is 0 Å². The average Bonchev–Trinajstić information content (AvgIpc) is 2.70. The van der Waals surface area contributed by atoms with Crippen LogP contribution in [-0.4, -0.2) is 36.7 Å². The van der Waals surface area contributed by atoms with Crippen LogP contribution in [0.1, 0.15) is 24.0 Å². The molecule has 143 valence electrons. The van der Waals surface area contributed by atoms with Gasteiger partial charge in [0.2, 0.25) is 0 Å². The van der Waals surface area contributed by atoms with Gasteiger partial charge in [-0.1, -0.05) is 67.6 Å². The number of benzene rings is 2. The molecule has 4 nitrogen and oxygen atoms in total. The molecule has 1 aliphatic heterocycles. The summed E-state index contributed by atoms with van der Waals surface area (Å²) in [6.45, 7) is 7.37. The number of ether oxygens (including phenoxy) is 1. The second-order valence-electron chi connectivity index (χ2n) is 7.34. The monoisotopic (exact) mass is 365 g/mol. The molecule has 1 fully saturated rings. The number of hydrogen-bond acceptors (Lipinski definition) is 3. The van der Waals surface area contributed by atoms with Crippen LogP contribution in [-0.2, 0) is 17.8 Å². The molecule has 27 heavy (non-hydrogen) atoms. The van der Waals surface area contributed by atoms with Crippen molar-refractivity contribution < 1.29 is 9.53 Å². The predicted molar refractivity (Wildman–Crippen MR) is 108 cm³/mol. The van der Waals surface area contributed by atoms with Crippen molar-refractivity contribution in [2.75, 3.05) is 19.6 Å². The number of carbonyl (C=O) groups excluding carboxylic acids is 1. The summed E-state index contributed by atoms with van der Waals surface area (Å²) in [6, 6.07) is 20.1. The smallest absolute Gasteiger partial charge is 0.407 e. The van der Waals surface area contributed by atoms with E-state index in [1.165, 1.54) is 5.56 Å². The highest BCUT2D eigenvalue weighted by atomic mass is 16.5. The highest BCUT2D eigenvalue weighted by Gasteiger charge is 2.21. The minimum Gasteiger partial charge on any atom is -0.445 e. The molecule has 1 saturated heterocycles. The normalized spacial score (nSPS) is 16.6. The van der Waals surface area contributed by atoms with Gasteiger partial charge in [-0.05, 0) is 49.4 Å². The summed E-state index contributed by atoms with van der Waals surface area (Å²) in [4.78, 5) is 14.8. The van der Waals surface area contributed by atoms with E-state index in [9.17, 15) is 4.79 Å². The number of carbonyl (C=O) groups is 1. The lowest BCUT2D eigenvalue weighted by Crippen LogP contribution is -2.47. The van der Waals surface area contributed by atoms with Crippen molar-refractivity contribution in [1.82, 2.24) is 10.2 Å². The van der Waals surface area contributed by atoms with Gasteiger partial charge < -0.3 is 15.0 Å². The van der Waals surface area contributed by atoms with E-state index < -0.39 is 0 Å². The molecule has 4 heteroatoms. The topological polar surface area (TPSA) is 41.6 Å². The number of likely N-dealkylation sites (tertiary alicyclic amines) is 1. The van der Waals surface area contributed by atoms with Gasteiger partial charge in [-0.3, -0.25) is 0 Å². The van der Waals surface area contributed by atoms with Crippen LogP contribution >= 0.6 is 0 Å². The van der Waals surface area contributed by atoms with Gasteiger partial charge in [-0.2, -0.15) is 0 Å². The van der Waals surface area contributed by atoms with Crippen LogP contribution in [0.15, 0.2) is 60.7 Å². The molecule has 1 radical (unpaired) electrons. The maximum atomic E-state index is 12.3. The lowest BCUT2D eigenvalue weighted by Gasteiger charge is -2.33. The second kappa shape index (κ2) is 10.1. The molecule has 1 atom stereocenters. The lowest BCUT2D eigenvalue weighted by molar-refractivity contribution is 0.127. The van der Waals surface area contributed by atoms with Gasteiger partial charge in [-0.25, -0.2) is 4.79 Å². The summed E-state index contributed by atoms with van der Waals surface area (Å²) in [5.74, 6) is 0.553.